The third kappa shape index (κ3) is 3.85. The summed E-state index contributed by atoms with van der Waals surface area (Å²) in [6.45, 7) is 2.28. The molecule has 0 aliphatic heterocycles. The fraction of sp³-hybridized carbons (Fsp3) is 0.462. The molecule has 2 unspecified atom stereocenters. The number of esters is 1. The van der Waals surface area contributed by atoms with Crippen molar-refractivity contribution in [2.75, 3.05) is 6.61 Å². The van der Waals surface area contributed by atoms with E-state index in [1.54, 1.807) is 0 Å². The number of benzene rings is 1. The van der Waals surface area contributed by atoms with Crippen molar-refractivity contribution in [2.45, 2.75) is 25.9 Å². The second-order valence-corrected chi connectivity index (χ2v) is 4.64. The van der Waals surface area contributed by atoms with Gasteiger partial charge in [0.15, 0.2) is 0 Å². The molecule has 0 aromatic heterocycles. The topological polar surface area (TPSA) is 26.3 Å². The predicted molar refractivity (Wildman–Crippen MR) is 66.0 cm³/mol. The second kappa shape index (κ2) is 6.43. The Hall–Kier alpha value is -1.30. The van der Waals surface area contributed by atoms with E-state index < -0.39 is 29.8 Å². The third-order valence-electron chi connectivity index (χ3n) is 2.86. The van der Waals surface area contributed by atoms with Crippen LogP contribution in [0.1, 0.15) is 25.3 Å². The van der Waals surface area contributed by atoms with Crippen molar-refractivity contribution in [1.29, 1.82) is 0 Å². The summed E-state index contributed by atoms with van der Waals surface area (Å²) < 4.78 is 56.5. The molecule has 0 heterocycles. The highest BCUT2D eigenvalue weighted by atomic mass is 35.5. The van der Waals surface area contributed by atoms with Crippen LogP contribution in [0.2, 0.25) is 5.02 Å². The molecule has 0 N–H and O–H groups in total. The van der Waals surface area contributed by atoms with E-state index in [-0.39, 0.29) is 17.2 Å². The van der Waals surface area contributed by atoms with Gasteiger partial charge in [-0.1, -0.05) is 24.6 Å². The molecule has 2 nitrogen and oxygen atoms in total. The lowest BCUT2D eigenvalue weighted by Crippen LogP contribution is -2.32. The van der Waals surface area contributed by atoms with Gasteiger partial charge in [-0.2, -0.15) is 13.2 Å². The summed E-state index contributed by atoms with van der Waals surface area (Å²) >= 11 is 5.48. The SMILES string of the molecule is CCOC(=O)C(c1ccc(Cl)c(F)c1)C(C)C(F)(F)F. The molecule has 2 atom stereocenters. The van der Waals surface area contributed by atoms with Gasteiger partial charge in [-0.05, 0) is 24.6 Å². The Morgan fingerprint density at radius 1 is 1.40 bits per heavy atom. The van der Waals surface area contributed by atoms with Gasteiger partial charge in [0.25, 0.3) is 0 Å². The molecular weight excluding hydrogens is 300 g/mol. The number of carbonyl (C=O) groups excluding carboxylic acids is 1. The average Bonchev–Trinajstić information content (AvgIpc) is 2.33. The van der Waals surface area contributed by atoms with Gasteiger partial charge in [-0.15, -0.1) is 0 Å². The highest BCUT2D eigenvalue weighted by molar-refractivity contribution is 6.30. The van der Waals surface area contributed by atoms with Gasteiger partial charge in [0.2, 0.25) is 0 Å². The van der Waals surface area contributed by atoms with Crippen LogP contribution in [0.25, 0.3) is 0 Å². The van der Waals surface area contributed by atoms with Crippen LogP contribution in [0, 0.1) is 11.7 Å². The molecule has 1 aromatic rings. The van der Waals surface area contributed by atoms with Crippen LogP contribution in [-0.2, 0) is 9.53 Å². The Balaban J connectivity index is 3.22. The largest absolute Gasteiger partial charge is 0.466 e. The summed E-state index contributed by atoms with van der Waals surface area (Å²) in [6.07, 6.45) is -4.60. The van der Waals surface area contributed by atoms with Crippen LogP contribution in [0.3, 0.4) is 0 Å². The molecule has 0 saturated carbocycles. The Labute approximate surface area is 118 Å². The van der Waals surface area contributed by atoms with Crippen molar-refractivity contribution in [1.82, 2.24) is 0 Å². The van der Waals surface area contributed by atoms with Gasteiger partial charge in [0, 0.05) is 0 Å². The summed E-state index contributed by atoms with van der Waals surface area (Å²) in [5.41, 5.74) is -0.116. The molecule has 20 heavy (non-hydrogen) atoms. The zero-order valence-electron chi connectivity index (χ0n) is 10.8. The fourth-order valence-electron chi connectivity index (χ4n) is 1.76. The van der Waals surface area contributed by atoms with Crippen molar-refractivity contribution in [3.05, 3.63) is 34.6 Å². The van der Waals surface area contributed by atoms with E-state index in [0.717, 1.165) is 19.1 Å². The molecule has 1 rings (SSSR count). The van der Waals surface area contributed by atoms with Crippen LogP contribution in [0.4, 0.5) is 17.6 Å². The summed E-state index contributed by atoms with van der Waals surface area (Å²) in [6, 6.07) is 3.13. The zero-order valence-corrected chi connectivity index (χ0v) is 11.6. The monoisotopic (exact) mass is 312 g/mol. The zero-order chi connectivity index (χ0) is 15.5. The summed E-state index contributed by atoms with van der Waals surface area (Å²) in [5.74, 6) is -5.55. The van der Waals surface area contributed by atoms with Crippen LogP contribution < -0.4 is 0 Å². The molecule has 0 bridgehead atoms. The normalized spacial score (nSPS) is 14.8. The lowest BCUT2D eigenvalue weighted by Gasteiger charge is -2.24. The molecule has 0 spiro atoms. The van der Waals surface area contributed by atoms with E-state index in [1.165, 1.54) is 13.0 Å². The van der Waals surface area contributed by atoms with E-state index in [1.807, 2.05) is 0 Å². The third-order valence-corrected chi connectivity index (χ3v) is 3.17. The second-order valence-electron chi connectivity index (χ2n) is 4.23. The molecule has 0 amide bonds. The van der Waals surface area contributed by atoms with Gasteiger partial charge in [0.1, 0.15) is 5.82 Å². The molecule has 112 valence electrons. The molecule has 0 radical (unpaired) electrons. The lowest BCUT2D eigenvalue weighted by molar-refractivity contribution is -0.185. The van der Waals surface area contributed by atoms with E-state index in [0.29, 0.717) is 0 Å². The highest BCUT2D eigenvalue weighted by Gasteiger charge is 2.45. The number of hydrogen-bond acceptors (Lipinski definition) is 2. The molecular formula is C13H13ClF4O2. The van der Waals surface area contributed by atoms with Crippen LogP contribution in [0.5, 0.6) is 0 Å². The van der Waals surface area contributed by atoms with Gasteiger partial charge < -0.3 is 4.74 Å². The Morgan fingerprint density at radius 3 is 2.45 bits per heavy atom. The molecule has 0 aliphatic carbocycles. The first-order chi connectivity index (χ1) is 9.18. The highest BCUT2D eigenvalue weighted by Crippen LogP contribution is 2.38. The first-order valence-electron chi connectivity index (χ1n) is 5.86. The van der Waals surface area contributed by atoms with Gasteiger partial charge in [0.05, 0.1) is 23.5 Å². The van der Waals surface area contributed by atoms with Crippen LogP contribution in [-0.4, -0.2) is 18.8 Å². The number of ether oxygens (including phenoxy) is 1. The van der Waals surface area contributed by atoms with E-state index in [9.17, 15) is 22.4 Å². The van der Waals surface area contributed by atoms with E-state index in [2.05, 4.69) is 4.74 Å². The molecule has 0 saturated heterocycles. The van der Waals surface area contributed by atoms with Gasteiger partial charge in [-0.3, -0.25) is 4.79 Å². The quantitative estimate of drug-likeness (QED) is 0.611. The lowest BCUT2D eigenvalue weighted by atomic mass is 9.86. The minimum atomic E-state index is -4.60. The first kappa shape index (κ1) is 16.8. The molecule has 0 aliphatic rings. The number of rotatable bonds is 4. The van der Waals surface area contributed by atoms with Crippen molar-refractivity contribution in [2.24, 2.45) is 5.92 Å². The van der Waals surface area contributed by atoms with Crippen LogP contribution >= 0.6 is 11.6 Å². The Bertz CT molecular complexity index is 488. The van der Waals surface area contributed by atoms with Crippen LogP contribution in [0.15, 0.2) is 18.2 Å². The summed E-state index contributed by atoms with van der Waals surface area (Å²) in [5, 5.41) is -0.226. The minimum Gasteiger partial charge on any atom is -0.466 e. The van der Waals surface area contributed by atoms with E-state index in [4.69, 9.17) is 11.6 Å². The standard InChI is InChI=1S/C13H13ClF4O2/c1-3-20-12(19)11(7(2)13(16,17)18)8-4-5-9(14)10(15)6-8/h4-7,11H,3H2,1-2H3. The molecule has 0 fully saturated rings. The average molecular weight is 313 g/mol. The van der Waals surface area contributed by atoms with Crippen molar-refractivity contribution in [3.63, 3.8) is 0 Å². The number of carbonyl (C=O) groups is 1. The van der Waals surface area contributed by atoms with Crippen molar-refractivity contribution >= 4 is 17.6 Å². The maximum Gasteiger partial charge on any atom is 0.392 e. The summed E-state index contributed by atoms with van der Waals surface area (Å²) in [4.78, 5) is 11.8. The predicted octanol–water partition coefficient (Wildman–Crippen LogP) is 4.32. The van der Waals surface area contributed by atoms with Crippen molar-refractivity contribution in [3.8, 4) is 0 Å². The number of hydrogen-bond donors (Lipinski definition) is 0. The fourth-order valence-corrected chi connectivity index (χ4v) is 1.87. The Morgan fingerprint density at radius 2 is 2.00 bits per heavy atom. The maximum absolute atomic E-state index is 13.4. The smallest absolute Gasteiger partial charge is 0.392 e. The maximum atomic E-state index is 13.4. The summed E-state index contributed by atoms with van der Waals surface area (Å²) in [7, 11) is 0. The minimum absolute atomic E-state index is 0.0595. The van der Waals surface area contributed by atoms with Gasteiger partial charge in [-0.25, -0.2) is 4.39 Å². The Kier molecular flexibility index (Phi) is 5.39. The molecule has 1 aromatic carbocycles. The van der Waals surface area contributed by atoms with Gasteiger partial charge >= 0.3 is 12.1 Å². The number of halogens is 5. The van der Waals surface area contributed by atoms with E-state index >= 15 is 0 Å². The molecule has 7 heteroatoms. The van der Waals surface area contributed by atoms with Crippen molar-refractivity contribution < 1.29 is 27.1 Å². The first-order valence-corrected chi connectivity index (χ1v) is 6.24. The number of alkyl halides is 3.